The summed E-state index contributed by atoms with van der Waals surface area (Å²) in [5, 5.41) is 4.10. The van der Waals surface area contributed by atoms with Crippen LogP contribution in [0, 0.1) is 5.92 Å². The second-order valence-corrected chi connectivity index (χ2v) is 7.61. The molecule has 1 aromatic carbocycles. The number of likely N-dealkylation sites (tertiary alicyclic amines) is 1. The molecule has 0 bridgehead atoms. The summed E-state index contributed by atoms with van der Waals surface area (Å²) < 4.78 is 5.44. The highest BCUT2D eigenvalue weighted by Crippen LogP contribution is 2.27. The van der Waals surface area contributed by atoms with Gasteiger partial charge in [0, 0.05) is 24.2 Å². The predicted molar refractivity (Wildman–Crippen MR) is 94.9 cm³/mol. The van der Waals surface area contributed by atoms with Crippen LogP contribution in [-0.2, 0) is 4.74 Å². The number of ether oxygens (including phenoxy) is 1. The Bertz CT molecular complexity index is 571. The van der Waals surface area contributed by atoms with Crippen molar-refractivity contribution in [3.05, 3.63) is 23.2 Å². The van der Waals surface area contributed by atoms with Gasteiger partial charge in [-0.1, -0.05) is 18.5 Å². The Labute approximate surface area is 143 Å². The minimum absolute atomic E-state index is 0.242. The molecule has 1 aliphatic heterocycles. The van der Waals surface area contributed by atoms with Crippen LogP contribution >= 0.6 is 11.6 Å². The van der Waals surface area contributed by atoms with E-state index in [4.69, 9.17) is 22.1 Å². The zero-order valence-corrected chi connectivity index (χ0v) is 15.0. The van der Waals surface area contributed by atoms with Gasteiger partial charge in [0.1, 0.15) is 5.60 Å². The van der Waals surface area contributed by atoms with E-state index in [0.717, 1.165) is 12.1 Å². The highest BCUT2D eigenvalue weighted by molar-refractivity contribution is 6.31. The van der Waals surface area contributed by atoms with Gasteiger partial charge < -0.3 is 20.7 Å². The molecule has 2 atom stereocenters. The summed E-state index contributed by atoms with van der Waals surface area (Å²) in [6.07, 6.45) is 0.608. The van der Waals surface area contributed by atoms with E-state index in [0.29, 0.717) is 29.7 Å². The number of halogens is 1. The van der Waals surface area contributed by atoms with E-state index in [9.17, 15) is 4.79 Å². The Morgan fingerprint density at radius 1 is 1.43 bits per heavy atom. The quantitative estimate of drug-likeness (QED) is 0.800. The van der Waals surface area contributed by atoms with Crippen molar-refractivity contribution in [2.24, 2.45) is 5.92 Å². The number of nitrogens with one attached hydrogen (secondary N) is 1. The molecular formula is C17H26ClN3O2. The molecule has 23 heavy (non-hydrogen) atoms. The van der Waals surface area contributed by atoms with Crippen LogP contribution in [-0.4, -0.2) is 35.7 Å². The molecule has 1 aliphatic rings. The molecule has 5 nitrogen and oxygen atoms in total. The lowest BCUT2D eigenvalue weighted by molar-refractivity contribution is 0.0165. The van der Waals surface area contributed by atoms with Gasteiger partial charge in [0.15, 0.2) is 0 Å². The van der Waals surface area contributed by atoms with Crippen LogP contribution in [0.15, 0.2) is 18.2 Å². The average molecular weight is 340 g/mol. The van der Waals surface area contributed by atoms with Gasteiger partial charge in [-0.25, -0.2) is 4.79 Å². The van der Waals surface area contributed by atoms with Crippen molar-refractivity contribution >= 4 is 29.1 Å². The third-order valence-corrected chi connectivity index (χ3v) is 4.15. The monoisotopic (exact) mass is 339 g/mol. The Kier molecular flexibility index (Phi) is 5.30. The number of rotatable bonds is 2. The molecule has 1 aromatic rings. The lowest BCUT2D eigenvalue weighted by Gasteiger charge is -2.38. The van der Waals surface area contributed by atoms with Gasteiger partial charge in [-0.05, 0) is 51.3 Å². The maximum Gasteiger partial charge on any atom is 0.410 e. The van der Waals surface area contributed by atoms with E-state index in [-0.39, 0.29) is 12.1 Å². The van der Waals surface area contributed by atoms with Crippen LogP contribution in [0.2, 0.25) is 5.02 Å². The summed E-state index contributed by atoms with van der Waals surface area (Å²) in [7, 11) is 0. The molecule has 1 fully saturated rings. The van der Waals surface area contributed by atoms with Gasteiger partial charge in [-0.15, -0.1) is 0 Å². The molecule has 2 rings (SSSR count). The van der Waals surface area contributed by atoms with Crippen molar-refractivity contribution in [1.29, 1.82) is 0 Å². The van der Waals surface area contributed by atoms with Crippen LogP contribution < -0.4 is 11.1 Å². The fraction of sp³-hybridized carbons (Fsp3) is 0.588. The number of benzene rings is 1. The number of carbonyl (C=O) groups is 1. The smallest absolute Gasteiger partial charge is 0.410 e. The molecule has 0 unspecified atom stereocenters. The highest BCUT2D eigenvalue weighted by atomic mass is 35.5. The largest absolute Gasteiger partial charge is 0.444 e. The van der Waals surface area contributed by atoms with Gasteiger partial charge in [-0.3, -0.25) is 0 Å². The molecule has 0 aliphatic carbocycles. The van der Waals surface area contributed by atoms with Gasteiger partial charge in [0.2, 0.25) is 0 Å². The minimum atomic E-state index is -0.465. The van der Waals surface area contributed by atoms with E-state index in [2.05, 4.69) is 12.2 Å². The molecule has 0 radical (unpaired) electrons. The zero-order chi connectivity index (χ0) is 17.2. The average Bonchev–Trinajstić information content (AvgIpc) is 2.41. The van der Waals surface area contributed by atoms with Crippen molar-refractivity contribution in [2.45, 2.75) is 45.8 Å². The molecule has 1 heterocycles. The van der Waals surface area contributed by atoms with Crippen molar-refractivity contribution < 1.29 is 9.53 Å². The number of piperidine rings is 1. The normalized spacial score (nSPS) is 21.9. The first-order valence-electron chi connectivity index (χ1n) is 7.95. The molecule has 0 aromatic heterocycles. The summed E-state index contributed by atoms with van der Waals surface area (Å²) >= 11 is 5.93. The summed E-state index contributed by atoms with van der Waals surface area (Å²) in [6, 6.07) is 5.72. The van der Waals surface area contributed by atoms with E-state index >= 15 is 0 Å². The maximum absolute atomic E-state index is 12.2. The van der Waals surface area contributed by atoms with Crippen molar-refractivity contribution in [2.75, 3.05) is 24.1 Å². The van der Waals surface area contributed by atoms with Gasteiger partial charge in [0.05, 0.1) is 11.4 Å². The van der Waals surface area contributed by atoms with E-state index in [1.54, 1.807) is 11.0 Å². The Hall–Kier alpha value is -1.62. The lowest BCUT2D eigenvalue weighted by Crippen LogP contribution is -2.49. The van der Waals surface area contributed by atoms with Crippen LogP contribution in [0.5, 0.6) is 0 Å². The second kappa shape index (κ2) is 6.87. The molecular weight excluding hydrogens is 314 g/mol. The van der Waals surface area contributed by atoms with Crippen molar-refractivity contribution in [3.63, 3.8) is 0 Å². The molecule has 3 N–H and O–H groups in total. The topological polar surface area (TPSA) is 67.6 Å². The van der Waals surface area contributed by atoms with Crippen molar-refractivity contribution in [1.82, 2.24) is 4.90 Å². The third-order valence-electron chi connectivity index (χ3n) is 3.91. The van der Waals surface area contributed by atoms with E-state index < -0.39 is 5.60 Å². The predicted octanol–water partition coefficient (Wildman–Crippen LogP) is 3.98. The summed E-state index contributed by atoms with van der Waals surface area (Å²) in [5.41, 5.74) is 7.06. The van der Waals surface area contributed by atoms with Gasteiger partial charge >= 0.3 is 6.09 Å². The standard InChI is InChI=1S/C17H26ClN3O2/c1-11-10-21(16(22)23-17(2,3)4)8-7-14(11)20-15-6-5-12(18)9-13(15)19/h5-6,9,11,14,20H,7-8,10,19H2,1-4H3/t11-,14-/m0/s1. The van der Waals surface area contributed by atoms with Crippen LogP contribution in [0.25, 0.3) is 0 Å². The first-order chi connectivity index (χ1) is 10.7. The summed E-state index contributed by atoms with van der Waals surface area (Å²) in [6.45, 7) is 9.11. The van der Waals surface area contributed by atoms with Crippen LogP contribution in [0.4, 0.5) is 16.2 Å². The first kappa shape index (κ1) is 17.7. The molecule has 0 spiro atoms. The summed E-state index contributed by atoms with van der Waals surface area (Å²) in [4.78, 5) is 13.9. The number of carbonyl (C=O) groups excluding carboxylic acids is 1. The van der Waals surface area contributed by atoms with Gasteiger partial charge in [0.25, 0.3) is 0 Å². The Balaban J connectivity index is 1.95. The van der Waals surface area contributed by atoms with E-state index in [1.807, 2.05) is 32.9 Å². The lowest BCUT2D eigenvalue weighted by atomic mass is 9.93. The van der Waals surface area contributed by atoms with Crippen LogP contribution in [0.1, 0.15) is 34.1 Å². The SMILES string of the molecule is C[C@H]1CN(C(=O)OC(C)(C)C)CC[C@@H]1Nc1ccc(Cl)cc1N. The highest BCUT2D eigenvalue weighted by Gasteiger charge is 2.31. The number of hydrogen-bond acceptors (Lipinski definition) is 4. The fourth-order valence-corrected chi connectivity index (χ4v) is 2.90. The molecule has 1 saturated heterocycles. The van der Waals surface area contributed by atoms with E-state index in [1.165, 1.54) is 0 Å². The number of nitrogens with two attached hydrogens (primary N) is 1. The number of anilines is 2. The molecule has 128 valence electrons. The third kappa shape index (κ3) is 4.93. The number of nitrogens with zero attached hydrogens (tertiary/aromatic N) is 1. The molecule has 1 amide bonds. The minimum Gasteiger partial charge on any atom is -0.444 e. The number of nitrogen functional groups attached to an aromatic ring is 1. The maximum atomic E-state index is 12.2. The van der Waals surface area contributed by atoms with Crippen LogP contribution in [0.3, 0.4) is 0 Å². The first-order valence-corrected chi connectivity index (χ1v) is 8.33. The Morgan fingerprint density at radius 2 is 2.13 bits per heavy atom. The number of amides is 1. The molecule has 0 saturated carbocycles. The zero-order valence-electron chi connectivity index (χ0n) is 14.2. The fourth-order valence-electron chi connectivity index (χ4n) is 2.72. The second-order valence-electron chi connectivity index (χ2n) is 7.17. The van der Waals surface area contributed by atoms with Gasteiger partial charge in [-0.2, -0.15) is 0 Å². The summed E-state index contributed by atoms with van der Waals surface area (Å²) in [5.74, 6) is 0.298. The molecule has 6 heteroatoms. The number of hydrogen-bond donors (Lipinski definition) is 2. The van der Waals surface area contributed by atoms with Crippen molar-refractivity contribution in [3.8, 4) is 0 Å². The Morgan fingerprint density at radius 3 is 2.70 bits per heavy atom.